The Bertz CT molecular complexity index is 1010. The van der Waals surface area contributed by atoms with Crippen molar-refractivity contribution in [2.45, 2.75) is 19.5 Å². The van der Waals surface area contributed by atoms with Crippen molar-refractivity contribution in [3.63, 3.8) is 0 Å². The zero-order valence-corrected chi connectivity index (χ0v) is 14.6. The zero-order chi connectivity index (χ0) is 19.0. The summed E-state index contributed by atoms with van der Waals surface area (Å²) in [5.74, 6) is -1.07. The van der Waals surface area contributed by atoms with Crippen molar-refractivity contribution in [2.75, 3.05) is 0 Å². The second-order valence-corrected chi connectivity index (χ2v) is 6.40. The maximum Gasteiger partial charge on any atom is 0.290 e. The van der Waals surface area contributed by atoms with Gasteiger partial charge in [0.15, 0.2) is 11.5 Å². The molecule has 6 heteroatoms. The Labute approximate surface area is 155 Å². The van der Waals surface area contributed by atoms with E-state index in [1.54, 1.807) is 18.2 Å². The van der Waals surface area contributed by atoms with E-state index in [0.29, 0.717) is 5.76 Å². The van der Waals surface area contributed by atoms with Crippen LogP contribution in [0, 0.1) is 6.92 Å². The molecule has 1 aliphatic heterocycles. The van der Waals surface area contributed by atoms with Gasteiger partial charge in [0.25, 0.3) is 5.91 Å². The Hall–Kier alpha value is -3.54. The van der Waals surface area contributed by atoms with Gasteiger partial charge in [-0.05, 0) is 36.8 Å². The lowest BCUT2D eigenvalue weighted by Crippen LogP contribution is -2.30. The maximum atomic E-state index is 13.0. The molecule has 27 heavy (non-hydrogen) atoms. The average Bonchev–Trinajstić information content (AvgIpc) is 3.40. The maximum absolute atomic E-state index is 13.0. The van der Waals surface area contributed by atoms with Gasteiger partial charge in [-0.2, -0.15) is 0 Å². The number of carbonyl (C=O) groups excluding carboxylic acids is 2. The standard InChI is InChI=1S/C21H17NO5/c1-13-5-2-6-14(11-13)18-17(19(23)16-8-4-10-27-16)20(24)21(25)22(18)12-15-7-3-9-26-15/h2-11,18,24H,12H2,1H3. The number of aliphatic hydroxyl groups excluding tert-OH is 1. The molecular weight excluding hydrogens is 346 g/mol. The van der Waals surface area contributed by atoms with Crippen LogP contribution in [0.3, 0.4) is 0 Å². The predicted molar refractivity (Wildman–Crippen MR) is 95.9 cm³/mol. The van der Waals surface area contributed by atoms with Crippen LogP contribution in [-0.4, -0.2) is 21.7 Å². The Balaban J connectivity index is 1.81. The highest BCUT2D eigenvalue weighted by Gasteiger charge is 2.44. The third-order valence-corrected chi connectivity index (χ3v) is 4.56. The van der Waals surface area contributed by atoms with Gasteiger partial charge >= 0.3 is 0 Å². The second kappa shape index (κ2) is 6.64. The van der Waals surface area contributed by atoms with Crippen molar-refractivity contribution in [1.29, 1.82) is 0 Å². The SMILES string of the molecule is Cc1cccc(C2C(C(=O)c3ccco3)=C(O)C(=O)N2Cc2ccco2)c1. The predicted octanol–water partition coefficient (Wildman–Crippen LogP) is 3.96. The van der Waals surface area contributed by atoms with Crippen LogP contribution in [0.5, 0.6) is 0 Å². The quantitative estimate of drug-likeness (QED) is 0.694. The van der Waals surface area contributed by atoms with E-state index < -0.39 is 23.5 Å². The van der Waals surface area contributed by atoms with Crippen LogP contribution in [0.25, 0.3) is 0 Å². The topological polar surface area (TPSA) is 83.9 Å². The summed E-state index contributed by atoms with van der Waals surface area (Å²) in [6.45, 7) is 2.05. The highest BCUT2D eigenvalue weighted by atomic mass is 16.3. The molecule has 0 aliphatic carbocycles. The van der Waals surface area contributed by atoms with Crippen LogP contribution >= 0.6 is 0 Å². The fraction of sp³-hybridized carbons (Fsp3) is 0.143. The molecule has 0 saturated heterocycles. The third kappa shape index (κ3) is 2.95. The highest BCUT2D eigenvalue weighted by molar-refractivity contribution is 6.14. The molecule has 0 bridgehead atoms. The lowest BCUT2D eigenvalue weighted by molar-refractivity contribution is -0.130. The summed E-state index contributed by atoms with van der Waals surface area (Å²) in [4.78, 5) is 27.2. The monoisotopic (exact) mass is 363 g/mol. The molecule has 1 amide bonds. The molecule has 136 valence electrons. The molecule has 3 heterocycles. The van der Waals surface area contributed by atoms with Crippen LogP contribution < -0.4 is 0 Å². The van der Waals surface area contributed by atoms with Crippen LogP contribution in [0.2, 0.25) is 0 Å². The molecule has 3 aromatic rings. The number of rotatable bonds is 5. The summed E-state index contributed by atoms with van der Waals surface area (Å²) >= 11 is 0. The van der Waals surface area contributed by atoms with E-state index in [1.807, 2.05) is 31.2 Å². The largest absolute Gasteiger partial charge is 0.503 e. The molecule has 0 fully saturated rings. The minimum absolute atomic E-state index is 0.00658. The molecule has 4 rings (SSSR count). The Morgan fingerprint density at radius 2 is 1.89 bits per heavy atom. The van der Waals surface area contributed by atoms with Crippen LogP contribution in [0.15, 0.2) is 81.2 Å². The van der Waals surface area contributed by atoms with Gasteiger partial charge < -0.3 is 18.8 Å². The van der Waals surface area contributed by atoms with Gasteiger partial charge in [0.1, 0.15) is 5.76 Å². The van der Waals surface area contributed by atoms with Crippen molar-refractivity contribution in [1.82, 2.24) is 4.90 Å². The molecule has 6 nitrogen and oxygen atoms in total. The van der Waals surface area contributed by atoms with Gasteiger partial charge in [0.05, 0.1) is 30.7 Å². The molecule has 0 saturated carbocycles. The number of ketones is 1. The van der Waals surface area contributed by atoms with Gasteiger partial charge in [0.2, 0.25) is 5.78 Å². The summed E-state index contributed by atoms with van der Waals surface area (Å²) in [7, 11) is 0. The normalized spacial score (nSPS) is 17.0. The van der Waals surface area contributed by atoms with E-state index in [-0.39, 0.29) is 17.9 Å². The first-order chi connectivity index (χ1) is 13.1. The first-order valence-electron chi connectivity index (χ1n) is 8.47. The molecule has 2 aromatic heterocycles. The summed E-state index contributed by atoms with van der Waals surface area (Å²) in [6.07, 6.45) is 2.89. The van der Waals surface area contributed by atoms with E-state index in [9.17, 15) is 14.7 Å². The number of aryl methyl sites for hydroxylation is 1. The van der Waals surface area contributed by atoms with E-state index in [1.165, 1.54) is 23.5 Å². The van der Waals surface area contributed by atoms with Gasteiger partial charge in [0, 0.05) is 0 Å². The van der Waals surface area contributed by atoms with E-state index in [0.717, 1.165) is 11.1 Å². The van der Waals surface area contributed by atoms with Gasteiger partial charge in [-0.25, -0.2) is 0 Å². The van der Waals surface area contributed by atoms with E-state index in [2.05, 4.69) is 0 Å². The van der Waals surface area contributed by atoms with Crippen molar-refractivity contribution in [3.8, 4) is 0 Å². The molecule has 0 spiro atoms. The van der Waals surface area contributed by atoms with Crippen molar-refractivity contribution < 1.29 is 23.5 Å². The van der Waals surface area contributed by atoms with E-state index in [4.69, 9.17) is 8.83 Å². The average molecular weight is 363 g/mol. The third-order valence-electron chi connectivity index (χ3n) is 4.56. The zero-order valence-electron chi connectivity index (χ0n) is 14.6. The minimum Gasteiger partial charge on any atom is -0.503 e. The highest BCUT2D eigenvalue weighted by Crippen LogP contribution is 2.40. The van der Waals surface area contributed by atoms with Gasteiger partial charge in [-0.1, -0.05) is 29.8 Å². The number of hydrogen-bond acceptors (Lipinski definition) is 5. The van der Waals surface area contributed by atoms with Crippen molar-refractivity contribution in [3.05, 3.63) is 95.0 Å². The number of carbonyl (C=O) groups is 2. The molecule has 1 aliphatic rings. The Morgan fingerprint density at radius 1 is 1.11 bits per heavy atom. The first kappa shape index (κ1) is 16.9. The van der Waals surface area contributed by atoms with Gasteiger partial charge in [-0.15, -0.1) is 0 Å². The molecular formula is C21H17NO5. The van der Waals surface area contributed by atoms with Crippen LogP contribution in [-0.2, 0) is 11.3 Å². The lowest BCUT2D eigenvalue weighted by atomic mass is 9.94. The molecule has 1 unspecified atom stereocenters. The first-order valence-corrected chi connectivity index (χ1v) is 8.47. The van der Waals surface area contributed by atoms with Crippen molar-refractivity contribution >= 4 is 11.7 Å². The number of amides is 1. The van der Waals surface area contributed by atoms with Gasteiger partial charge in [-0.3, -0.25) is 9.59 Å². The number of benzene rings is 1. The molecule has 1 aromatic carbocycles. The number of aliphatic hydroxyl groups is 1. The number of hydrogen-bond donors (Lipinski definition) is 1. The summed E-state index contributed by atoms with van der Waals surface area (Å²) in [5.41, 5.74) is 1.72. The van der Waals surface area contributed by atoms with Crippen molar-refractivity contribution in [2.24, 2.45) is 0 Å². The fourth-order valence-corrected chi connectivity index (χ4v) is 3.35. The summed E-state index contributed by atoms with van der Waals surface area (Å²) in [6, 6.07) is 13.3. The number of furan rings is 2. The Morgan fingerprint density at radius 3 is 2.56 bits per heavy atom. The van der Waals surface area contributed by atoms with Crippen LogP contribution in [0.1, 0.15) is 33.5 Å². The number of Topliss-reactive ketones (excluding diaryl/α,β-unsaturated/α-hetero) is 1. The minimum atomic E-state index is -0.736. The smallest absolute Gasteiger partial charge is 0.290 e. The number of nitrogens with zero attached hydrogens (tertiary/aromatic N) is 1. The summed E-state index contributed by atoms with van der Waals surface area (Å²) in [5, 5.41) is 10.5. The molecule has 1 atom stereocenters. The molecule has 1 N–H and O–H groups in total. The lowest BCUT2D eigenvalue weighted by Gasteiger charge is -2.26. The fourth-order valence-electron chi connectivity index (χ4n) is 3.35. The van der Waals surface area contributed by atoms with E-state index >= 15 is 0 Å². The summed E-state index contributed by atoms with van der Waals surface area (Å²) < 4.78 is 10.6. The molecule has 0 radical (unpaired) electrons. The Kier molecular flexibility index (Phi) is 4.16. The second-order valence-electron chi connectivity index (χ2n) is 6.40. The van der Waals surface area contributed by atoms with Crippen LogP contribution in [0.4, 0.5) is 0 Å².